The van der Waals surface area contributed by atoms with Crippen LogP contribution in [0.15, 0.2) is 0 Å². The van der Waals surface area contributed by atoms with Gasteiger partial charge in [-0.15, -0.1) is 0 Å². The number of nitrogens with two attached hydrogens (primary N) is 1. The molecule has 0 bridgehead atoms. The van der Waals surface area contributed by atoms with Gasteiger partial charge in [-0.05, 0) is 31.6 Å². The molecule has 2 rings (SSSR count). The first-order chi connectivity index (χ1) is 6.77. The van der Waals surface area contributed by atoms with E-state index < -0.39 is 0 Å². The second kappa shape index (κ2) is 4.30. The Bertz CT molecular complexity index is 207. The first-order valence-electron chi connectivity index (χ1n) is 5.83. The minimum Gasteiger partial charge on any atom is -0.368 e. The highest BCUT2D eigenvalue weighted by Crippen LogP contribution is 2.30. The van der Waals surface area contributed by atoms with Crippen LogP contribution in [0.3, 0.4) is 0 Å². The molecule has 0 aromatic heterocycles. The lowest BCUT2D eigenvalue weighted by molar-refractivity contribution is -0.122. The molecule has 2 fully saturated rings. The largest absolute Gasteiger partial charge is 0.368 e. The average Bonchev–Trinajstić information content (AvgIpc) is 2.52. The van der Waals surface area contributed by atoms with Gasteiger partial charge in [-0.1, -0.05) is 19.3 Å². The number of hydrogen-bond donors (Lipinski definition) is 2. The summed E-state index contributed by atoms with van der Waals surface area (Å²) in [6.45, 7) is 0. The Labute approximate surface area is 85.4 Å². The van der Waals surface area contributed by atoms with Crippen molar-refractivity contribution in [3.05, 3.63) is 0 Å². The summed E-state index contributed by atoms with van der Waals surface area (Å²) < 4.78 is 0. The van der Waals surface area contributed by atoms with Gasteiger partial charge in [0.05, 0.1) is 6.04 Å². The third-order valence-electron chi connectivity index (χ3n) is 3.70. The van der Waals surface area contributed by atoms with Crippen LogP contribution in [-0.2, 0) is 4.79 Å². The van der Waals surface area contributed by atoms with Crippen LogP contribution in [0.25, 0.3) is 0 Å². The average molecular weight is 196 g/mol. The van der Waals surface area contributed by atoms with Gasteiger partial charge in [0, 0.05) is 6.04 Å². The second-order valence-corrected chi connectivity index (χ2v) is 4.72. The van der Waals surface area contributed by atoms with E-state index in [9.17, 15) is 4.79 Å². The monoisotopic (exact) mass is 196 g/mol. The van der Waals surface area contributed by atoms with Crippen molar-refractivity contribution in [1.29, 1.82) is 0 Å². The maximum absolute atomic E-state index is 11.3. The van der Waals surface area contributed by atoms with Gasteiger partial charge in [0.25, 0.3) is 0 Å². The summed E-state index contributed by atoms with van der Waals surface area (Å²) >= 11 is 0. The van der Waals surface area contributed by atoms with Gasteiger partial charge in [0.2, 0.25) is 5.91 Å². The standard InChI is InChI=1S/C11H20N2O/c12-11(14)10(8-4-3-5-8)13-9-6-1-2-7-9/h8-10,13H,1-7H2,(H2,12,14). The zero-order valence-electron chi connectivity index (χ0n) is 8.67. The molecular formula is C11H20N2O. The molecular weight excluding hydrogens is 176 g/mol. The fourth-order valence-electron chi connectivity index (χ4n) is 2.57. The van der Waals surface area contributed by atoms with E-state index in [1.54, 1.807) is 0 Å². The van der Waals surface area contributed by atoms with E-state index in [1.165, 1.54) is 44.9 Å². The van der Waals surface area contributed by atoms with E-state index in [-0.39, 0.29) is 11.9 Å². The van der Waals surface area contributed by atoms with Gasteiger partial charge in [-0.3, -0.25) is 4.79 Å². The quantitative estimate of drug-likeness (QED) is 0.709. The van der Waals surface area contributed by atoms with Gasteiger partial charge >= 0.3 is 0 Å². The zero-order valence-corrected chi connectivity index (χ0v) is 8.67. The van der Waals surface area contributed by atoms with Gasteiger partial charge in [-0.25, -0.2) is 0 Å². The van der Waals surface area contributed by atoms with E-state index >= 15 is 0 Å². The number of hydrogen-bond acceptors (Lipinski definition) is 2. The highest BCUT2D eigenvalue weighted by atomic mass is 16.1. The molecule has 0 spiro atoms. The summed E-state index contributed by atoms with van der Waals surface area (Å²) in [6, 6.07) is 0.500. The van der Waals surface area contributed by atoms with Crippen LogP contribution in [0.4, 0.5) is 0 Å². The molecule has 2 aliphatic carbocycles. The van der Waals surface area contributed by atoms with Gasteiger partial charge in [0.1, 0.15) is 0 Å². The third kappa shape index (κ3) is 2.08. The normalized spacial score (nSPS) is 26.0. The smallest absolute Gasteiger partial charge is 0.234 e. The molecule has 0 aliphatic heterocycles. The van der Waals surface area contributed by atoms with Crippen LogP contribution in [-0.4, -0.2) is 18.0 Å². The van der Waals surface area contributed by atoms with Crippen LogP contribution < -0.4 is 11.1 Å². The minimum absolute atomic E-state index is 0.0492. The van der Waals surface area contributed by atoms with Crippen molar-refractivity contribution >= 4 is 5.91 Å². The molecule has 0 aromatic carbocycles. The zero-order chi connectivity index (χ0) is 9.97. The predicted molar refractivity (Wildman–Crippen MR) is 55.7 cm³/mol. The Morgan fingerprint density at radius 2 is 1.79 bits per heavy atom. The van der Waals surface area contributed by atoms with Crippen LogP contribution >= 0.6 is 0 Å². The summed E-state index contributed by atoms with van der Waals surface area (Å²) in [6.07, 6.45) is 8.65. The van der Waals surface area contributed by atoms with Crippen molar-refractivity contribution in [2.45, 2.75) is 57.0 Å². The lowest BCUT2D eigenvalue weighted by Gasteiger charge is -2.34. The number of nitrogens with one attached hydrogen (secondary N) is 1. The highest BCUT2D eigenvalue weighted by Gasteiger charge is 2.33. The molecule has 1 unspecified atom stereocenters. The fraction of sp³-hybridized carbons (Fsp3) is 0.909. The predicted octanol–water partition coefficient (Wildman–Crippen LogP) is 1.17. The Morgan fingerprint density at radius 1 is 1.14 bits per heavy atom. The summed E-state index contributed by atoms with van der Waals surface area (Å²) in [4.78, 5) is 11.3. The van der Waals surface area contributed by atoms with E-state index in [4.69, 9.17) is 5.73 Å². The molecule has 0 saturated heterocycles. The topological polar surface area (TPSA) is 55.1 Å². The second-order valence-electron chi connectivity index (χ2n) is 4.72. The molecule has 2 saturated carbocycles. The van der Waals surface area contributed by atoms with E-state index in [0.29, 0.717) is 12.0 Å². The van der Waals surface area contributed by atoms with E-state index in [1.807, 2.05) is 0 Å². The Balaban J connectivity index is 1.86. The van der Waals surface area contributed by atoms with Gasteiger partial charge in [0.15, 0.2) is 0 Å². The number of primary amides is 1. The van der Waals surface area contributed by atoms with Crippen LogP contribution in [0.1, 0.15) is 44.9 Å². The molecule has 0 radical (unpaired) electrons. The van der Waals surface area contributed by atoms with E-state index in [2.05, 4.69) is 5.32 Å². The van der Waals surface area contributed by atoms with Gasteiger partial charge < -0.3 is 11.1 Å². The Kier molecular flexibility index (Phi) is 3.06. The molecule has 14 heavy (non-hydrogen) atoms. The molecule has 1 amide bonds. The number of carbonyl (C=O) groups is 1. The molecule has 3 heteroatoms. The van der Waals surface area contributed by atoms with Crippen molar-refractivity contribution in [3.8, 4) is 0 Å². The first-order valence-corrected chi connectivity index (χ1v) is 5.83. The molecule has 1 atom stereocenters. The summed E-state index contributed by atoms with van der Waals surface area (Å²) in [5.74, 6) is 0.370. The van der Waals surface area contributed by atoms with Crippen molar-refractivity contribution in [3.63, 3.8) is 0 Å². The molecule has 2 aliphatic rings. The number of amides is 1. The van der Waals surface area contributed by atoms with Crippen LogP contribution in [0.2, 0.25) is 0 Å². The van der Waals surface area contributed by atoms with E-state index in [0.717, 1.165) is 0 Å². The van der Waals surface area contributed by atoms with Crippen molar-refractivity contribution in [2.75, 3.05) is 0 Å². The van der Waals surface area contributed by atoms with Crippen LogP contribution in [0, 0.1) is 5.92 Å². The van der Waals surface area contributed by atoms with Crippen molar-refractivity contribution < 1.29 is 4.79 Å². The Morgan fingerprint density at radius 3 is 2.21 bits per heavy atom. The van der Waals surface area contributed by atoms with Crippen LogP contribution in [0.5, 0.6) is 0 Å². The lowest BCUT2D eigenvalue weighted by atomic mass is 9.79. The molecule has 3 nitrogen and oxygen atoms in total. The fourth-order valence-corrected chi connectivity index (χ4v) is 2.57. The summed E-state index contributed by atoms with van der Waals surface area (Å²) in [5, 5.41) is 3.44. The maximum Gasteiger partial charge on any atom is 0.234 e. The maximum atomic E-state index is 11.3. The molecule has 0 heterocycles. The lowest BCUT2D eigenvalue weighted by Crippen LogP contribution is -2.51. The molecule has 0 aromatic rings. The summed E-state index contributed by atoms with van der Waals surface area (Å²) in [7, 11) is 0. The highest BCUT2D eigenvalue weighted by molar-refractivity contribution is 5.80. The van der Waals surface area contributed by atoms with Gasteiger partial charge in [-0.2, -0.15) is 0 Å². The Hall–Kier alpha value is -0.570. The number of carbonyl (C=O) groups excluding carboxylic acids is 1. The van der Waals surface area contributed by atoms with Crippen molar-refractivity contribution in [2.24, 2.45) is 11.7 Å². The third-order valence-corrected chi connectivity index (χ3v) is 3.70. The molecule has 3 N–H and O–H groups in total. The summed E-state index contributed by atoms with van der Waals surface area (Å²) in [5.41, 5.74) is 5.42. The molecule has 80 valence electrons. The SMILES string of the molecule is NC(=O)C(NC1CCCC1)C1CCC1. The number of rotatable bonds is 4. The van der Waals surface area contributed by atoms with Crippen molar-refractivity contribution in [1.82, 2.24) is 5.32 Å². The minimum atomic E-state index is -0.151. The first kappa shape index (κ1) is 9.97.